The highest BCUT2D eigenvalue weighted by Gasteiger charge is 2.39. The highest BCUT2D eigenvalue weighted by Crippen LogP contribution is 2.33. The highest BCUT2D eigenvalue weighted by atomic mass is 16.5. The van der Waals surface area contributed by atoms with E-state index in [-0.39, 0.29) is 11.9 Å². The standard InChI is InChI=1S/C23H27NO4/c1-14-15(2)20-12-24(21-13-28-9-8-22(21)25)23(26)19(20)11-17(14)10-16-4-6-18(27-3)7-5-16/h4-7,11,21-22,25H,8-10,12-13H2,1-3H3/t21-,22-/m0/s1. The fourth-order valence-electron chi connectivity index (χ4n) is 4.25. The van der Waals surface area contributed by atoms with Gasteiger partial charge in [-0.25, -0.2) is 0 Å². The SMILES string of the molecule is COc1ccc(Cc2cc3c(c(C)c2C)CN([C@H]2COCC[C@@H]2O)C3=O)cc1. The zero-order valence-electron chi connectivity index (χ0n) is 16.7. The number of methoxy groups -OCH3 is 1. The summed E-state index contributed by atoms with van der Waals surface area (Å²) in [6, 6.07) is 9.82. The number of hydrogen-bond acceptors (Lipinski definition) is 4. The summed E-state index contributed by atoms with van der Waals surface area (Å²) >= 11 is 0. The summed E-state index contributed by atoms with van der Waals surface area (Å²) in [7, 11) is 1.66. The third kappa shape index (κ3) is 3.29. The summed E-state index contributed by atoms with van der Waals surface area (Å²) in [6.07, 6.45) is 0.824. The third-order valence-electron chi connectivity index (χ3n) is 6.20. The second kappa shape index (κ2) is 7.57. The number of benzene rings is 2. The largest absolute Gasteiger partial charge is 0.497 e. The number of aliphatic hydroxyl groups is 1. The molecule has 2 aromatic rings. The Bertz CT molecular complexity index is 890. The first-order valence-electron chi connectivity index (χ1n) is 9.81. The van der Waals surface area contributed by atoms with E-state index in [2.05, 4.69) is 26.0 Å². The zero-order valence-corrected chi connectivity index (χ0v) is 16.7. The Morgan fingerprint density at radius 2 is 1.96 bits per heavy atom. The van der Waals surface area contributed by atoms with Crippen LogP contribution in [0.3, 0.4) is 0 Å². The molecule has 0 saturated carbocycles. The van der Waals surface area contributed by atoms with E-state index in [1.807, 2.05) is 18.2 Å². The van der Waals surface area contributed by atoms with Crippen molar-refractivity contribution in [1.29, 1.82) is 0 Å². The molecule has 0 bridgehead atoms. The van der Waals surface area contributed by atoms with Crippen molar-refractivity contribution in [2.45, 2.75) is 45.4 Å². The summed E-state index contributed by atoms with van der Waals surface area (Å²) in [5.41, 5.74) is 6.59. The number of hydrogen-bond donors (Lipinski definition) is 1. The third-order valence-corrected chi connectivity index (χ3v) is 6.20. The summed E-state index contributed by atoms with van der Waals surface area (Å²) < 4.78 is 10.8. The van der Waals surface area contributed by atoms with Gasteiger partial charge in [0.15, 0.2) is 0 Å². The van der Waals surface area contributed by atoms with Gasteiger partial charge in [0.1, 0.15) is 5.75 Å². The molecule has 1 fully saturated rings. The molecule has 5 heteroatoms. The molecule has 28 heavy (non-hydrogen) atoms. The normalized spacial score (nSPS) is 21.7. The summed E-state index contributed by atoms with van der Waals surface area (Å²) in [5, 5.41) is 10.4. The molecule has 148 valence electrons. The van der Waals surface area contributed by atoms with Crippen LogP contribution in [0.1, 0.15) is 44.6 Å². The van der Waals surface area contributed by atoms with Gasteiger partial charge in [0, 0.05) is 18.7 Å². The van der Waals surface area contributed by atoms with Crippen LogP contribution < -0.4 is 4.74 Å². The summed E-state index contributed by atoms with van der Waals surface area (Å²) in [4.78, 5) is 14.9. The second-order valence-corrected chi connectivity index (χ2v) is 7.77. The minimum absolute atomic E-state index is 0.00336. The molecule has 5 nitrogen and oxygen atoms in total. The number of amides is 1. The van der Waals surface area contributed by atoms with Crippen molar-refractivity contribution in [2.24, 2.45) is 0 Å². The molecule has 0 aromatic heterocycles. The predicted molar refractivity (Wildman–Crippen MR) is 107 cm³/mol. The van der Waals surface area contributed by atoms with Gasteiger partial charge in [0.2, 0.25) is 0 Å². The van der Waals surface area contributed by atoms with Gasteiger partial charge in [-0.15, -0.1) is 0 Å². The lowest BCUT2D eigenvalue weighted by Crippen LogP contribution is -2.49. The van der Waals surface area contributed by atoms with Crippen molar-refractivity contribution in [3.8, 4) is 5.75 Å². The number of fused-ring (bicyclic) bond motifs is 1. The minimum atomic E-state index is -0.521. The summed E-state index contributed by atoms with van der Waals surface area (Å²) in [5.74, 6) is 0.841. The predicted octanol–water partition coefficient (Wildman–Crippen LogP) is 3.01. The van der Waals surface area contributed by atoms with Crippen molar-refractivity contribution in [1.82, 2.24) is 4.90 Å². The molecule has 2 atom stereocenters. The highest BCUT2D eigenvalue weighted by molar-refractivity contribution is 5.99. The van der Waals surface area contributed by atoms with Gasteiger partial charge in [0.05, 0.1) is 25.9 Å². The zero-order chi connectivity index (χ0) is 19.8. The van der Waals surface area contributed by atoms with Crippen LogP contribution >= 0.6 is 0 Å². The molecular weight excluding hydrogens is 354 g/mol. The molecule has 2 aromatic carbocycles. The van der Waals surface area contributed by atoms with Gasteiger partial charge in [-0.3, -0.25) is 4.79 Å². The number of rotatable bonds is 4. The van der Waals surface area contributed by atoms with Gasteiger partial charge < -0.3 is 19.5 Å². The Balaban J connectivity index is 1.63. The van der Waals surface area contributed by atoms with Gasteiger partial charge in [-0.1, -0.05) is 12.1 Å². The molecule has 4 rings (SSSR count). The molecule has 1 amide bonds. The van der Waals surface area contributed by atoms with E-state index in [1.165, 1.54) is 16.7 Å². The molecular formula is C23H27NO4. The maximum atomic E-state index is 13.1. The van der Waals surface area contributed by atoms with Crippen molar-refractivity contribution < 1.29 is 19.4 Å². The van der Waals surface area contributed by atoms with Crippen LogP contribution in [0.2, 0.25) is 0 Å². The molecule has 1 N–H and O–H groups in total. The molecule has 0 aliphatic carbocycles. The number of ether oxygens (including phenoxy) is 2. The fraction of sp³-hybridized carbons (Fsp3) is 0.435. The maximum absolute atomic E-state index is 13.1. The molecule has 1 saturated heterocycles. The monoisotopic (exact) mass is 381 g/mol. The second-order valence-electron chi connectivity index (χ2n) is 7.77. The smallest absolute Gasteiger partial charge is 0.254 e. The Morgan fingerprint density at radius 3 is 2.64 bits per heavy atom. The van der Waals surface area contributed by atoms with Gasteiger partial charge in [0.25, 0.3) is 5.91 Å². The van der Waals surface area contributed by atoms with Crippen LogP contribution in [0.25, 0.3) is 0 Å². The van der Waals surface area contributed by atoms with E-state index in [9.17, 15) is 9.90 Å². The first-order chi connectivity index (χ1) is 13.5. The van der Waals surface area contributed by atoms with E-state index >= 15 is 0 Å². The van der Waals surface area contributed by atoms with Crippen LogP contribution in [0, 0.1) is 13.8 Å². The molecule has 2 heterocycles. The Kier molecular flexibility index (Phi) is 5.13. The molecule has 0 spiro atoms. The average Bonchev–Trinajstić information content (AvgIpc) is 3.03. The lowest BCUT2D eigenvalue weighted by molar-refractivity contribution is -0.0528. The van der Waals surface area contributed by atoms with Crippen LogP contribution in [-0.4, -0.2) is 48.4 Å². The van der Waals surface area contributed by atoms with Crippen molar-refractivity contribution in [2.75, 3.05) is 20.3 Å². The average molecular weight is 381 g/mol. The van der Waals surface area contributed by atoms with Gasteiger partial charge in [-0.05, 0) is 72.7 Å². The Hall–Kier alpha value is -2.37. The fourth-order valence-corrected chi connectivity index (χ4v) is 4.25. The van der Waals surface area contributed by atoms with E-state index < -0.39 is 6.10 Å². The lowest BCUT2D eigenvalue weighted by Gasteiger charge is -2.34. The molecule has 0 unspecified atom stereocenters. The number of carbonyl (C=O) groups is 1. The Morgan fingerprint density at radius 1 is 1.21 bits per heavy atom. The quantitative estimate of drug-likeness (QED) is 0.885. The molecule has 0 radical (unpaired) electrons. The lowest BCUT2D eigenvalue weighted by atomic mass is 9.91. The van der Waals surface area contributed by atoms with E-state index in [1.54, 1.807) is 12.0 Å². The van der Waals surface area contributed by atoms with E-state index in [0.717, 1.165) is 28.9 Å². The summed E-state index contributed by atoms with van der Waals surface area (Å²) in [6.45, 7) is 5.72. The number of carbonyl (C=O) groups excluding carboxylic acids is 1. The van der Waals surface area contributed by atoms with Crippen LogP contribution in [-0.2, 0) is 17.7 Å². The van der Waals surface area contributed by atoms with Gasteiger partial charge >= 0.3 is 0 Å². The molecule has 2 aliphatic rings. The van der Waals surface area contributed by atoms with Crippen molar-refractivity contribution >= 4 is 5.91 Å². The van der Waals surface area contributed by atoms with Crippen LogP contribution in [0.5, 0.6) is 5.75 Å². The first-order valence-corrected chi connectivity index (χ1v) is 9.81. The van der Waals surface area contributed by atoms with Crippen LogP contribution in [0.4, 0.5) is 0 Å². The molecule has 2 aliphatic heterocycles. The number of aliphatic hydroxyl groups excluding tert-OH is 1. The number of nitrogens with zero attached hydrogens (tertiary/aromatic N) is 1. The Labute approximate surface area is 165 Å². The van der Waals surface area contributed by atoms with E-state index in [4.69, 9.17) is 9.47 Å². The first kappa shape index (κ1) is 19.0. The topological polar surface area (TPSA) is 59.0 Å². The van der Waals surface area contributed by atoms with Crippen molar-refractivity contribution in [3.63, 3.8) is 0 Å². The van der Waals surface area contributed by atoms with Crippen molar-refractivity contribution in [3.05, 3.63) is 63.7 Å². The van der Waals surface area contributed by atoms with Gasteiger partial charge in [-0.2, -0.15) is 0 Å². The minimum Gasteiger partial charge on any atom is -0.497 e. The maximum Gasteiger partial charge on any atom is 0.254 e. The van der Waals surface area contributed by atoms with Crippen LogP contribution in [0.15, 0.2) is 30.3 Å². The van der Waals surface area contributed by atoms with E-state index in [0.29, 0.717) is 26.2 Å².